The number of ketones is 1. The lowest BCUT2D eigenvalue weighted by Crippen LogP contribution is -2.58. The van der Waals surface area contributed by atoms with Gasteiger partial charge in [-0.1, -0.05) is 24.3 Å². The predicted octanol–water partition coefficient (Wildman–Crippen LogP) is -2.91. The molecule has 2 aliphatic heterocycles. The molecule has 256 valence electrons. The highest BCUT2D eigenvalue weighted by atomic mass is 32.2. The summed E-state index contributed by atoms with van der Waals surface area (Å²) in [5, 5.41) is 51.2. The van der Waals surface area contributed by atoms with E-state index in [9.17, 15) is 58.8 Å². The second-order valence-corrected chi connectivity index (χ2v) is 14.2. The molecule has 2 aromatic rings. The minimum Gasteiger partial charge on any atom is -0.756 e. The fraction of sp³-hybridized carbons (Fsp3) is 0.542. The summed E-state index contributed by atoms with van der Waals surface area (Å²) in [5.74, 6) is 0.191. The van der Waals surface area contributed by atoms with Crippen LogP contribution in [-0.2, 0) is 37.7 Å². The molecule has 19 nitrogen and oxygen atoms in total. The van der Waals surface area contributed by atoms with Gasteiger partial charge < -0.3 is 49.3 Å². The van der Waals surface area contributed by atoms with Crippen LogP contribution in [0.25, 0.3) is 0 Å². The van der Waals surface area contributed by atoms with Crippen LogP contribution >= 0.6 is 27.4 Å². The van der Waals surface area contributed by atoms with Crippen LogP contribution in [0.3, 0.4) is 0 Å². The van der Waals surface area contributed by atoms with E-state index in [0.717, 1.165) is 17.8 Å². The second-order valence-electron chi connectivity index (χ2n) is 10.2. The zero-order valence-electron chi connectivity index (χ0n) is 23.7. The van der Waals surface area contributed by atoms with Crippen molar-refractivity contribution in [2.24, 2.45) is 0 Å². The molecule has 0 bridgehead atoms. The SMILES string of the molecule is CC(=O)c1ccc(CSC[C@H]2OC(OP(=O)([O-])OP(=O)([O-])OC[C@H]3O[C@@H](n4ccc(=O)[nH]c4=O)C(O)[C@H]3O)[C@H](O)[C@@H](O)[C@H]2O)cc1. The van der Waals surface area contributed by atoms with Crippen LogP contribution in [-0.4, -0.2) is 102 Å². The van der Waals surface area contributed by atoms with Crippen LogP contribution in [0.2, 0.25) is 0 Å². The monoisotopic (exact) mass is 712 g/mol. The van der Waals surface area contributed by atoms with E-state index in [2.05, 4.69) is 13.4 Å². The first-order valence-corrected chi connectivity index (χ1v) is 17.4. The van der Waals surface area contributed by atoms with Crippen LogP contribution in [0.15, 0.2) is 46.1 Å². The van der Waals surface area contributed by atoms with Crippen molar-refractivity contribution in [2.45, 2.75) is 67.9 Å². The summed E-state index contributed by atoms with van der Waals surface area (Å²) < 4.78 is 49.0. The number of phosphoric acid groups is 2. The molecule has 4 rings (SSSR count). The Bertz CT molecular complexity index is 1590. The fourth-order valence-electron chi connectivity index (χ4n) is 4.45. The number of aromatic nitrogens is 2. The lowest BCUT2D eigenvalue weighted by atomic mass is 10.0. The fourth-order valence-corrected chi connectivity index (χ4v) is 7.59. The number of aromatic amines is 1. The highest BCUT2D eigenvalue weighted by molar-refractivity contribution is 7.98. The topological polar surface area (TPSA) is 299 Å². The zero-order chi connectivity index (χ0) is 34.0. The number of Topliss-reactive ketones (excluding diaryl/α,β-unsaturated/α-hetero) is 1. The molecule has 3 heterocycles. The molecule has 2 aliphatic rings. The number of carbonyl (C=O) groups is 1. The van der Waals surface area contributed by atoms with Crippen LogP contribution in [0, 0.1) is 0 Å². The molecule has 0 spiro atoms. The van der Waals surface area contributed by atoms with Crippen molar-refractivity contribution in [3.8, 4) is 0 Å². The Morgan fingerprint density at radius 3 is 2.22 bits per heavy atom. The molecule has 0 radical (unpaired) electrons. The Balaban J connectivity index is 1.32. The standard InChI is InChI=1S/C24H32N2O17P2S/c1-11(27)13-4-2-12(3-5-13)9-46-10-15-18(30)19(31)21(33)23(41-15)42-45(37,38)43-44(35,36)39-8-14-17(29)20(32)22(40-14)26-7-6-16(28)25-24(26)34/h2-7,14-15,17-23,29-33H,8-10H2,1H3,(H,35,36)(H,37,38)(H,25,28,34)/p-2/t14-,15-,17+,18+,19+,20?,21-,22-,23?/m1/s1. The van der Waals surface area contributed by atoms with Gasteiger partial charge in [-0.3, -0.25) is 32.8 Å². The van der Waals surface area contributed by atoms with Crippen LogP contribution in [0.5, 0.6) is 0 Å². The van der Waals surface area contributed by atoms with Crippen molar-refractivity contribution in [2.75, 3.05) is 12.4 Å². The van der Waals surface area contributed by atoms with E-state index in [1.165, 1.54) is 18.7 Å². The third-order valence-corrected chi connectivity index (χ3v) is 10.5. The highest BCUT2D eigenvalue weighted by Gasteiger charge is 2.47. The normalized spacial score (nSPS) is 32.5. The number of carbonyl (C=O) groups excluding carboxylic acids is 1. The molecule has 1 aromatic heterocycles. The number of aliphatic hydroxyl groups is 5. The molecule has 2 saturated heterocycles. The Hall–Kier alpha value is -2.10. The number of ether oxygens (including phenoxy) is 2. The van der Waals surface area contributed by atoms with Gasteiger partial charge in [0, 0.05) is 29.3 Å². The Kier molecular flexibility index (Phi) is 12.0. The molecule has 2 fully saturated rings. The van der Waals surface area contributed by atoms with E-state index in [4.69, 9.17) is 9.47 Å². The number of rotatable bonds is 13. The largest absolute Gasteiger partial charge is 0.756 e. The molecule has 0 saturated carbocycles. The first-order valence-electron chi connectivity index (χ1n) is 13.3. The average molecular weight is 713 g/mol. The minimum absolute atomic E-state index is 0.0474. The summed E-state index contributed by atoms with van der Waals surface area (Å²) in [6.07, 6.45) is -15.2. The maximum Gasteiger partial charge on any atom is 0.330 e. The number of nitrogens with one attached hydrogen (secondary N) is 1. The zero-order valence-corrected chi connectivity index (χ0v) is 26.3. The summed E-state index contributed by atoms with van der Waals surface area (Å²) in [6, 6.07) is 7.57. The quantitative estimate of drug-likeness (QED) is 0.0895. The summed E-state index contributed by atoms with van der Waals surface area (Å²) in [5.41, 5.74) is -0.475. The number of phosphoric ester groups is 2. The molecule has 0 aliphatic carbocycles. The third-order valence-electron chi connectivity index (χ3n) is 6.87. The summed E-state index contributed by atoms with van der Waals surface area (Å²) >= 11 is 1.19. The van der Waals surface area contributed by atoms with E-state index in [1.807, 2.05) is 4.98 Å². The Morgan fingerprint density at radius 2 is 1.59 bits per heavy atom. The highest BCUT2D eigenvalue weighted by Crippen LogP contribution is 2.57. The lowest BCUT2D eigenvalue weighted by Gasteiger charge is -2.42. The van der Waals surface area contributed by atoms with Crippen molar-refractivity contribution in [1.82, 2.24) is 9.55 Å². The van der Waals surface area contributed by atoms with Gasteiger partial charge in [0.2, 0.25) is 0 Å². The van der Waals surface area contributed by atoms with Crippen LogP contribution in [0.4, 0.5) is 0 Å². The van der Waals surface area contributed by atoms with Crippen molar-refractivity contribution in [3.63, 3.8) is 0 Å². The first kappa shape index (κ1) is 36.7. The molecule has 1 aromatic carbocycles. The van der Waals surface area contributed by atoms with Crippen molar-refractivity contribution >= 4 is 33.2 Å². The molecular weight excluding hydrogens is 682 g/mol. The number of hydrogen-bond acceptors (Lipinski definition) is 18. The van der Waals surface area contributed by atoms with Gasteiger partial charge in [0.1, 0.15) is 36.6 Å². The van der Waals surface area contributed by atoms with Crippen molar-refractivity contribution in [1.29, 1.82) is 0 Å². The number of aliphatic hydroxyl groups excluding tert-OH is 5. The number of hydrogen-bond donors (Lipinski definition) is 6. The average Bonchev–Trinajstić information content (AvgIpc) is 3.25. The molecule has 0 amide bonds. The van der Waals surface area contributed by atoms with Crippen molar-refractivity contribution < 1.29 is 72.1 Å². The number of thioether (sulfide) groups is 1. The molecular formula is C24H30N2O17P2S-2. The Labute approximate surface area is 263 Å². The van der Waals surface area contributed by atoms with Gasteiger partial charge >= 0.3 is 5.69 Å². The summed E-state index contributed by atoms with van der Waals surface area (Å²) in [7, 11) is -11.8. The van der Waals surface area contributed by atoms with Gasteiger partial charge in [-0.05, 0) is 12.5 Å². The van der Waals surface area contributed by atoms with Gasteiger partial charge in [0.15, 0.2) is 18.3 Å². The van der Waals surface area contributed by atoms with Gasteiger partial charge in [0.05, 0.1) is 12.7 Å². The molecule has 46 heavy (non-hydrogen) atoms. The minimum atomic E-state index is -5.93. The van der Waals surface area contributed by atoms with E-state index in [1.54, 1.807) is 24.3 Å². The molecule has 6 N–H and O–H groups in total. The van der Waals surface area contributed by atoms with Gasteiger partial charge in [0.25, 0.3) is 21.2 Å². The van der Waals surface area contributed by atoms with Gasteiger partial charge in [-0.2, -0.15) is 11.8 Å². The lowest BCUT2D eigenvalue weighted by molar-refractivity contribution is -0.298. The smallest absolute Gasteiger partial charge is 0.330 e. The molecule has 4 unspecified atom stereocenters. The number of H-pyrrole nitrogens is 1. The maximum absolute atomic E-state index is 12.4. The molecule has 11 atom stereocenters. The van der Waals surface area contributed by atoms with E-state index >= 15 is 0 Å². The Morgan fingerprint density at radius 1 is 0.935 bits per heavy atom. The van der Waals surface area contributed by atoms with Gasteiger partial charge in [-0.25, -0.2) is 9.11 Å². The van der Waals surface area contributed by atoms with Crippen molar-refractivity contribution in [3.05, 3.63) is 68.5 Å². The third kappa shape index (κ3) is 9.07. The van der Waals surface area contributed by atoms with E-state index in [-0.39, 0.29) is 11.5 Å². The van der Waals surface area contributed by atoms with Gasteiger partial charge in [-0.15, -0.1) is 0 Å². The maximum atomic E-state index is 12.4. The number of benzene rings is 1. The predicted molar refractivity (Wildman–Crippen MR) is 150 cm³/mol. The molecule has 22 heteroatoms. The van der Waals surface area contributed by atoms with E-state index in [0.29, 0.717) is 15.9 Å². The first-order chi connectivity index (χ1) is 21.5. The van der Waals surface area contributed by atoms with E-state index < -0.39 is 88.7 Å². The number of nitrogens with zero attached hydrogens (tertiary/aromatic N) is 1. The van der Waals surface area contributed by atoms with Crippen LogP contribution < -0.4 is 21.0 Å². The second kappa shape index (κ2) is 15.0. The summed E-state index contributed by atoms with van der Waals surface area (Å²) in [4.78, 5) is 61.3. The van der Waals surface area contributed by atoms with Crippen LogP contribution in [0.1, 0.15) is 29.1 Å². The summed E-state index contributed by atoms with van der Waals surface area (Å²) in [6.45, 7) is 0.303.